The summed E-state index contributed by atoms with van der Waals surface area (Å²) < 4.78 is 2.01. The van der Waals surface area contributed by atoms with Crippen LogP contribution in [0.1, 0.15) is 13.8 Å². The lowest BCUT2D eigenvalue weighted by Crippen LogP contribution is -2.04. The zero-order valence-electron chi connectivity index (χ0n) is 16.2. The third-order valence-corrected chi connectivity index (χ3v) is 4.39. The average Bonchev–Trinajstić information content (AvgIpc) is 3.07. The molecule has 0 bridgehead atoms. The van der Waals surface area contributed by atoms with E-state index in [4.69, 9.17) is 0 Å². The highest BCUT2D eigenvalue weighted by atomic mass is 15.0. The number of aromatic nitrogens is 3. The quantitative estimate of drug-likeness (QED) is 0.630. The van der Waals surface area contributed by atoms with Gasteiger partial charge in [-0.1, -0.05) is 24.3 Å². The van der Waals surface area contributed by atoms with Crippen molar-refractivity contribution < 1.29 is 0 Å². The largest absolute Gasteiger partial charge is 0.394 e. The van der Waals surface area contributed by atoms with Gasteiger partial charge in [0, 0.05) is 36.9 Å². The Morgan fingerprint density at radius 3 is 2.63 bits per heavy atom. The Morgan fingerprint density at radius 1 is 1.15 bits per heavy atom. The Hall–Kier alpha value is -3.34. The van der Waals surface area contributed by atoms with Crippen LogP contribution in [0.25, 0.3) is 22.0 Å². The predicted octanol–water partition coefficient (Wildman–Crippen LogP) is 4.63. The van der Waals surface area contributed by atoms with E-state index in [1.807, 2.05) is 55.7 Å². The van der Waals surface area contributed by atoms with Crippen LogP contribution in [0.15, 0.2) is 78.7 Å². The normalized spacial score (nSPS) is 11.0. The van der Waals surface area contributed by atoms with Crippen molar-refractivity contribution >= 4 is 16.6 Å². The minimum Gasteiger partial charge on any atom is -0.394 e. The van der Waals surface area contributed by atoms with Crippen LogP contribution >= 0.6 is 0 Å². The van der Waals surface area contributed by atoms with Gasteiger partial charge >= 0.3 is 0 Å². The van der Waals surface area contributed by atoms with E-state index in [2.05, 4.69) is 59.2 Å². The summed E-state index contributed by atoms with van der Waals surface area (Å²) in [5.41, 5.74) is 5.25. The standard InChI is InChI=1S/C22H25N5/c1-15(2)20(8-9-23-4)16(3)26-22-11-19-10-17(6-7-18(19)12-25-22)21-13-24-14-27(21)5/h6-14,23H,3H2,1-2,4-5H3,(H,25,26)/b9-8-. The van der Waals surface area contributed by atoms with Crippen molar-refractivity contribution in [3.8, 4) is 11.3 Å². The Morgan fingerprint density at radius 2 is 1.96 bits per heavy atom. The number of pyridine rings is 1. The van der Waals surface area contributed by atoms with Crippen molar-refractivity contribution in [2.24, 2.45) is 7.05 Å². The summed E-state index contributed by atoms with van der Waals surface area (Å²) in [4.78, 5) is 8.73. The molecule has 2 aromatic heterocycles. The van der Waals surface area contributed by atoms with E-state index in [0.717, 1.165) is 39.1 Å². The molecule has 0 aliphatic rings. The minimum atomic E-state index is 0.770. The zero-order valence-corrected chi connectivity index (χ0v) is 16.2. The van der Waals surface area contributed by atoms with Gasteiger partial charge in [-0.3, -0.25) is 0 Å². The molecule has 0 fully saturated rings. The summed E-state index contributed by atoms with van der Waals surface area (Å²) in [7, 11) is 3.87. The second-order valence-corrected chi connectivity index (χ2v) is 6.66. The van der Waals surface area contributed by atoms with Gasteiger partial charge in [-0.05, 0) is 49.2 Å². The first kappa shape index (κ1) is 18.5. The van der Waals surface area contributed by atoms with Crippen LogP contribution in [0.3, 0.4) is 0 Å². The SMILES string of the molecule is C=C(Nc1cc2cc(-c3cncn3C)ccc2cn1)C(/C=C\NC)=C(C)C. The fourth-order valence-electron chi connectivity index (χ4n) is 2.96. The Balaban J connectivity index is 1.92. The lowest BCUT2D eigenvalue weighted by atomic mass is 10.1. The molecule has 0 spiro atoms. The zero-order chi connectivity index (χ0) is 19.4. The van der Waals surface area contributed by atoms with Crippen molar-refractivity contribution in [1.29, 1.82) is 0 Å². The maximum atomic E-state index is 4.53. The highest BCUT2D eigenvalue weighted by Gasteiger charge is 2.07. The van der Waals surface area contributed by atoms with Crippen molar-refractivity contribution in [3.63, 3.8) is 0 Å². The van der Waals surface area contributed by atoms with Gasteiger partial charge in [0.25, 0.3) is 0 Å². The van der Waals surface area contributed by atoms with Gasteiger partial charge in [-0.25, -0.2) is 9.97 Å². The van der Waals surface area contributed by atoms with Crippen LogP contribution in [0.4, 0.5) is 5.82 Å². The highest BCUT2D eigenvalue weighted by Crippen LogP contribution is 2.26. The number of nitrogens with one attached hydrogen (secondary N) is 2. The molecule has 0 atom stereocenters. The molecule has 0 amide bonds. The number of rotatable bonds is 6. The first-order chi connectivity index (χ1) is 13.0. The first-order valence-corrected chi connectivity index (χ1v) is 8.83. The summed E-state index contributed by atoms with van der Waals surface area (Å²) >= 11 is 0. The Bertz CT molecular complexity index is 1040. The number of nitrogens with zero attached hydrogens (tertiary/aromatic N) is 3. The highest BCUT2D eigenvalue weighted by molar-refractivity contribution is 5.88. The van der Waals surface area contributed by atoms with Crippen molar-refractivity contribution in [1.82, 2.24) is 19.9 Å². The molecule has 27 heavy (non-hydrogen) atoms. The van der Waals surface area contributed by atoms with Gasteiger partial charge in [-0.15, -0.1) is 0 Å². The molecular formula is C22H25N5. The molecule has 0 unspecified atom stereocenters. The van der Waals surface area contributed by atoms with E-state index in [1.54, 1.807) is 0 Å². The molecule has 5 nitrogen and oxygen atoms in total. The van der Waals surface area contributed by atoms with Gasteiger partial charge in [0.1, 0.15) is 5.82 Å². The predicted molar refractivity (Wildman–Crippen MR) is 113 cm³/mol. The molecule has 2 heterocycles. The third kappa shape index (κ3) is 4.08. The van der Waals surface area contributed by atoms with Gasteiger partial charge in [-0.2, -0.15) is 0 Å². The summed E-state index contributed by atoms with van der Waals surface area (Å²) in [6.07, 6.45) is 9.46. The van der Waals surface area contributed by atoms with Gasteiger partial charge in [0.15, 0.2) is 0 Å². The topological polar surface area (TPSA) is 54.8 Å². The smallest absolute Gasteiger partial charge is 0.130 e. The molecule has 138 valence electrons. The van der Waals surface area contributed by atoms with Gasteiger partial charge < -0.3 is 15.2 Å². The van der Waals surface area contributed by atoms with E-state index in [9.17, 15) is 0 Å². The van der Waals surface area contributed by atoms with Crippen LogP contribution in [0.5, 0.6) is 0 Å². The Kier molecular flexibility index (Phi) is 5.41. The lowest BCUT2D eigenvalue weighted by molar-refractivity contribution is 0.921. The summed E-state index contributed by atoms with van der Waals surface area (Å²) in [5, 5.41) is 8.55. The summed E-state index contributed by atoms with van der Waals surface area (Å²) in [6.45, 7) is 8.31. The molecule has 0 radical (unpaired) electrons. The number of hydrogen-bond donors (Lipinski definition) is 2. The molecule has 1 aromatic carbocycles. The van der Waals surface area contributed by atoms with E-state index >= 15 is 0 Å². The number of fused-ring (bicyclic) bond motifs is 1. The first-order valence-electron chi connectivity index (χ1n) is 8.83. The van der Waals surface area contributed by atoms with Gasteiger partial charge in [0.05, 0.1) is 18.2 Å². The number of allylic oxidation sites excluding steroid dienone is 2. The van der Waals surface area contributed by atoms with E-state index in [-0.39, 0.29) is 0 Å². The van der Waals surface area contributed by atoms with Crippen LogP contribution in [-0.4, -0.2) is 21.6 Å². The van der Waals surface area contributed by atoms with Crippen LogP contribution in [0.2, 0.25) is 0 Å². The van der Waals surface area contributed by atoms with Crippen LogP contribution < -0.4 is 10.6 Å². The second kappa shape index (κ2) is 7.91. The van der Waals surface area contributed by atoms with E-state index in [1.165, 1.54) is 5.57 Å². The monoisotopic (exact) mass is 359 g/mol. The number of imidazole rings is 1. The molecular weight excluding hydrogens is 334 g/mol. The maximum Gasteiger partial charge on any atom is 0.130 e. The van der Waals surface area contributed by atoms with Crippen LogP contribution in [-0.2, 0) is 7.05 Å². The molecule has 5 heteroatoms. The molecule has 2 N–H and O–H groups in total. The summed E-state index contributed by atoms with van der Waals surface area (Å²) in [5.74, 6) is 0.770. The molecule has 3 aromatic rings. The maximum absolute atomic E-state index is 4.53. The number of anilines is 1. The van der Waals surface area contributed by atoms with Crippen molar-refractivity contribution in [3.05, 3.63) is 78.7 Å². The van der Waals surface area contributed by atoms with Gasteiger partial charge in [0.2, 0.25) is 0 Å². The van der Waals surface area contributed by atoms with E-state index < -0.39 is 0 Å². The fraction of sp³-hybridized carbons (Fsp3) is 0.182. The molecule has 0 saturated heterocycles. The molecule has 0 aliphatic carbocycles. The Labute approximate surface area is 160 Å². The second-order valence-electron chi connectivity index (χ2n) is 6.66. The van der Waals surface area contributed by atoms with E-state index in [0.29, 0.717) is 0 Å². The summed E-state index contributed by atoms with van der Waals surface area (Å²) in [6, 6.07) is 8.38. The number of aryl methyl sites for hydroxylation is 1. The molecule has 3 rings (SSSR count). The minimum absolute atomic E-state index is 0.770. The third-order valence-electron chi connectivity index (χ3n) is 4.39. The lowest BCUT2D eigenvalue weighted by Gasteiger charge is -2.13. The number of hydrogen-bond acceptors (Lipinski definition) is 4. The average molecular weight is 359 g/mol. The van der Waals surface area contributed by atoms with Crippen molar-refractivity contribution in [2.75, 3.05) is 12.4 Å². The van der Waals surface area contributed by atoms with Crippen LogP contribution in [0, 0.1) is 0 Å². The molecule has 0 saturated carbocycles. The number of benzene rings is 1. The van der Waals surface area contributed by atoms with Crippen molar-refractivity contribution in [2.45, 2.75) is 13.8 Å². The molecule has 0 aliphatic heterocycles. The fourth-order valence-corrected chi connectivity index (χ4v) is 2.96.